The van der Waals surface area contributed by atoms with Crippen molar-refractivity contribution in [2.24, 2.45) is 11.1 Å². The highest BCUT2D eigenvalue weighted by molar-refractivity contribution is 5.92. The van der Waals surface area contributed by atoms with Crippen molar-refractivity contribution in [2.75, 3.05) is 25.5 Å². The first-order valence-corrected chi connectivity index (χ1v) is 6.73. The molecule has 0 aliphatic carbocycles. The van der Waals surface area contributed by atoms with Crippen LogP contribution in [-0.4, -0.2) is 31.0 Å². The molecule has 1 amide bonds. The molecule has 0 radical (unpaired) electrons. The number of pyridine rings is 1. The lowest BCUT2D eigenvalue weighted by atomic mass is 9.82. The number of nitrogens with zero attached hydrogens (tertiary/aromatic N) is 1. The zero-order chi connectivity index (χ0) is 14.3. The summed E-state index contributed by atoms with van der Waals surface area (Å²) in [6, 6.07) is 3.62. The van der Waals surface area contributed by atoms with E-state index in [2.05, 4.69) is 29.5 Å². The molecule has 0 unspecified atom stereocenters. The molecule has 0 saturated carbocycles. The van der Waals surface area contributed by atoms with Crippen LogP contribution < -0.4 is 16.4 Å². The molecular formula is C14H24N4O. The van der Waals surface area contributed by atoms with Gasteiger partial charge in [-0.2, -0.15) is 0 Å². The molecule has 1 rings (SSSR count). The lowest BCUT2D eigenvalue weighted by Gasteiger charge is -2.30. The Morgan fingerprint density at radius 3 is 2.63 bits per heavy atom. The summed E-state index contributed by atoms with van der Waals surface area (Å²) in [6.07, 6.45) is 3.69. The standard InChI is InChI=1S/C14H24N4O/c1-4-14(5-2,9-15)10-18-11-6-7-17-12(8-11)13(19)16-3/h6-8H,4-5,9-10,15H2,1-3H3,(H,16,19)(H,17,18). The molecule has 4 N–H and O–H groups in total. The van der Waals surface area contributed by atoms with Crippen LogP contribution in [0.5, 0.6) is 0 Å². The van der Waals surface area contributed by atoms with Crippen molar-refractivity contribution in [2.45, 2.75) is 26.7 Å². The summed E-state index contributed by atoms with van der Waals surface area (Å²) < 4.78 is 0. The summed E-state index contributed by atoms with van der Waals surface area (Å²) in [4.78, 5) is 15.6. The van der Waals surface area contributed by atoms with Gasteiger partial charge >= 0.3 is 0 Å². The number of rotatable bonds is 7. The first-order valence-electron chi connectivity index (χ1n) is 6.73. The van der Waals surface area contributed by atoms with Crippen molar-refractivity contribution >= 4 is 11.6 Å². The average Bonchev–Trinajstić information content (AvgIpc) is 2.48. The number of carbonyl (C=O) groups excluding carboxylic acids is 1. The Hall–Kier alpha value is -1.62. The maximum atomic E-state index is 11.5. The SMILES string of the molecule is CCC(CC)(CN)CNc1ccnc(C(=O)NC)c1. The van der Waals surface area contributed by atoms with Crippen LogP contribution in [0.3, 0.4) is 0 Å². The molecule has 5 heteroatoms. The minimum absolute atomic E-state index is 0.108. The molecule has 19 heavy (non-hydrogen) atoms. The Morgan fingerprint density at radius 2 is 2.11 bits per heavy atom. The summed E-state index contributed by atoms with van der Waals surface area (Å²) in [7, 11) is 1.59. The maximum absolute atomic E-state index is 11.5. The van der Waals surface area contributed by atoms with Crippen molar-refractivity contribution in [3.8, 4) is 0 Å². The van der Waals surface area contributed by atoms with Crippen LogP contribution in [0.25, 0.3) is 0 Å². The van der Waals surface area contributed by atoms with E-state index in [9.17, 15) is 4.79 Å². The van der Waals surface area contributed by atoms with Crippen molar-refractivity contribution in [1.82, 2.24) is 10.3 Å². The molecule has 1 heterocycles. The van der Waals surface area contributed by atoms with E-state index in [4.69, 9.17) is 5.73 Å². The molecule has 0 spiro atoms. The predicted octanol–water partition coefficient (Wildman–Crippen LogP) is 1.62. The molecule has 1 aromatic rings. The second-order valence-electron chi connectivity index (χ2n) is 4.77. The third kappa shape index (κ3) is 3.92. The van der Waals surface area contributed by atoms with E-state index in [1.165, 1.54) is 0 Å². The van der Waals surface area contributed by atoms with Gasteiger partial charge in [0.15, 0.2) is 0 Å². The Balaban J connectivity index is 2.75. The van der Waals surface area contributed by atoms with Crippen LogP contribution in [-0.2, 0) is 0 Å². The van der Waals surface area contributed by atoms with Gasteiger partial charge in [0.2, 0.25) is 0 Å². The van der Waals surface area contributed by atoms with Gasteiger partial charge < -0.3 is 16.4 Å². The van der Waals surface area contributed by atoms with E-state index in [0.29, 0.717) is 12.2 Å². The summed E-state index contributed by atoms with van der Waals surface area (Å²) in [5, 5.41) is 5.92. The summed E-state index contributed by atoms with van der Waals surface area (Å²) in [6.45, 7) is 5.76. The van der Waals surface area contributed by atoms with E-state index >= 15 is 0 Å². The molecule has 0 aliphatic heterocycles. The molecule has 5 nitrogen and oxygen atoms in total. The normalized spacial score (nSPS) is 11.2. The summed E-state index contributed by atoms with van der Waals surface area (Å²) in [5.41, 5.74) is 7.30. The molecule has 0 atom stereocenters. The van der Waals surface area contributed by atoms with Crippen LogP contribution in [0.4, 0.5) is 5.69 Å². The third-order valence-corrected chi connectivity index (χ3v) is 3.82. The fraction of sp³-hybridized carbons (Fsp3) is 0.571. The van der Waals surface area contributed by atoms with E-state index in [1.807, 2.05) is 6.07 Å². The predicted molar refractivity (Wildman–Crippen MR) is 78.2 cm³/mol. The Bertz CT molecular complexity index is 407. The van der Waals surface area contributed by atoms with Gasteiger partial charge in [0, 0.05) is 25.5 Å². The number of hydrogen-bond acceptors (Lipinski definition) is 4. The fourth-order valence-electron chi connectivity index (χ4n) is 1.94. The topological polar surface area (TPSA) is 80.0 Å². The van der Waals surface area contributed by atoms with E-state index < -0.39 is 0 Å². The first-order chi connectivity index (χ1) is 9.10. The van der Waals surface area contributed by atoms with E-state index in [1.54, 1.807) is 19.3 Å². The van der Waals surface area contributed by atoms with Gasteiger partial charge in [-0.3, -0.25) is 9.78 Å². The first kappa shape index (κ1) is 15.4. The minimum Gasteiger partial charge on any atom is -0.384 e. The quantitative estimate of drug-likeness (QED) is 0.699. The maximum Gasteiger partial charge on any atom is 0.269 e. The summed E-state index contributed by atoms with van der Waals surface area (Å²) >= 11 is 0. The van der Waals surface area contributed by atoms with Crippen LogP contribution in [0.15, 0.2) is 18.3 Å². The second kappa shape index (κ2) is 7.09. The Morgan fingerprint density at radius 1 is 1.42 bits per heavy atom. The molecule has 106 valence electrons. The minimum atomic E-state index is -0.181. The number of aromatic nitrogens is 1. The van der Waals surface area contributed by atoms with E-state index in [0.717, 1.165) is 25.1 Å². The van der Waals surface area contributed by atoms with Gasteiger partial charge in [0.1, 0.15) is 5.69 Å². The third-order valence-electron chi connectivity index (χ3n) is 3.82. The van der Waals surface area contributed by atoms with Crippen LogP contribution in [0, 0.1) is 5.41 Å². The van der Waals surface area contributed by atoms with Gasteiger partial charge in [-0.05, 0) is 36.9 Å². The van der Waals surface area contributed by atoms with Crippen molar-refractivity contribution in [3.63, 3.8) is 0 Å². The largest absolute Gasteiger partial charge is 0.384 e. The number of anilines is 1. The Labute approximate surface area is 115 Å². The van der Waals surface area contributed by atoms with Crippen molar-refractivity contribution in [1.29, 1.82) is 0 Å². The zero-order valence-electron chi connectivity index (χ0n) is 12.0. The van der Waals surface area contributed by atoms with Gasteiger partial charge in [0.25, 0.3) is 5.91 Å². The monoisotopic (exact) mass is 264 g/mol. The second-order valence-corrected chi connectivity index (χ2v) is 4.77. The lowest BCUT2D eigenvalue weighted by molar-refractivity contribution is 0.0958. The van der Waals surface area contributed by atoms with E-state index in [-0.39, 0.29) is 11.3 Å². The number of nitrogens with one attached hydrogen (secondary N) is 2. The number of nitrogens with two attached hydrogens (primary N) is 1. The molecule has 1 aromatic heterocycles. The Kier molecular flexibility index (Phi) is 5.76. The highest BCUT2D eigenvalue weighted by Gasteiger charge is 2.23. The number of carbonyl (C=O) groups is 1. The van der Waals surface area contributed by atoms with Gasteiger partial charge in [-0.15, -0.1) is 0 Å². The molecule has 0 fully saturated rings. The molecule has 0 aromatic carbocycles. The molecular weight excluding hydrogens is 240 g/mol. The highest BCUT2D eigenvalue weighted by atomic mass is 16.1. The molecule has 0 aliphatic rings. The van der Waals surface area contributed by atoms with Crippen LogP contribution in [0.2, 0.25) is 0 Å². The molecule has 0 bridgehead atoms. The fourth-order valence-corrected chi connectivity index (χ4v) is 1.94. The van der Waals surface area contributed by atoms with Gasteiger partial charge in [-0.25, -0.2) is 0 Å². The van der Waals surface area contributed by atoms with Crippen LogP contribution >= 0.6 is 0 Å². The van der Waals surface area contributed by atoms with Crippen molar-refractivity contribution in [3.05, 3.63) is 24.0 Å². The number of amides is 1. The average molecular weight is 264 g/mol. The van der Waals surface area contributed by atoms with Gasteiger partial charge in [0.05, 0.1) is 0 Å². The van der Waals surface area contributed by atoms with Gasteiger partial charge in [-0.1, -0.05) is 13.8 Å². The van der Waals surface area contributed by atoms with Crippen LogP contribution in [0.1, 0.15) is 37.2 Å². The zero-order valence-corrected chi connectivity index (χ0v) is 12.0. The number of hydrogen-bond donors (Lipinski definition) is 3. The lowest BCUT2D eigenvalue weighted by Crippen LogP contribution is -2.36. The smallest absolute Gasteiger partial charge is 0.269 e. The molecule has 0 saturated heterocycles. The van der Waals surface area contributed by atoms with Crippen molar-refractivity contribution < 1.29 is 4.79 Å². The highest BCUT2D eigenvalue weighted by Crippen LogP contribution is 2.25. The summed E-state index contributed by atoms with van der Waals surface area (Å²) in [5.74, 6) is -0.181.